The van der Waals surface area contributed by atoms with Crippen molar-refractivity contribution in [2.75, 3.05) is 18.9 Å². The van der Waals surface area contributed by atoms with E-state index < -0.39 is 34.5 Å². The Kier molecular flexibility index (Phi) is 7.51. The fourth-order valence-electron chi connectivity index (χ4n) is 3.37. The maximum absolute atomic E-state index is 12.9. The van der Waals surface area contributed by atoms with Crippen molar-refractivity contribution in [2.45, 2.75) is 57.6 Å². The molecule has 0 radical (unpaired) electrons. The number of non-ortho nitro benzene ring substituents is 1. The van der Waals surface area contributed by atoms with Gasteiger partial charge in [0.25, 0.3) is 5.69 Å². The van der Waals surface area contributed by atoms with Crippen molar-refractivity contribution in [2.24, 2.45) is 5.92 Å². The summed E-state index contributed by atoms with van der Waals surface area (Å²) in [6.07, 6.45) is -0.143. The second-order valence-electron chi connectivity index (χ2n) is 7.68. The molecule has 0 spiro atoms. The smallest absolute Gasteiger partial charge is 0.410 e. The molecule has 0 N–H and O–H groups in total. The summed E-state index contributed by atoms with van der Waals surface area (Å²) in [6, 6.07) is 3.89. The van der Waals surface area contributed by atoms with E-state index in [9.17, 15) is 19.7 Å². The Balaban J connectivity index is 2.55. The van der Waals surface area contributed by atoms with Crippen molar-refractivity contribution in [3.63, 3.8) is 0 Å². The zero-order valence-electron chi connectivity index (χ0n) is 17.5. The zero-order chi connectivity index (χ0) is 21.8. The number of thioether (sulfide) groups is 1. The Labute approximate surface area is 175 Å². The van der Waals surface area contributed by atoms with E-state index in [4.69, 9.17) is 9.47 Å². The first-order chi connectivity index (χ1) is 13.6. The average molecular weight is 425 g/mol. The lowest BCUT2D eigenvalue weighted by Crippen LogP contribution is -2.38. The summed E-state index contributed by atoms with van der Waals surface area (Å²) in [5.41, 5.74) is -0.209. The average Bonchev–Trinajstić information content (AvgIpc) is 3.06. The van der Waals surface area contributed by atoms with E-state index in [0.717, 1.165) is 10.6 Å². The fraction of sp³-hybridized carbons (Fsp3) is 0.600. The van der Waals surface area contributed by atoms with Gasteiger partial charge in [-0.15, -0.1) is 11.8 Å². The lowest BCUT2D eigenvalue weighted by Gasteiger charge is -2.31. The molecule has 1 heterocycles. The number of carbonyl (C=O) groups excluding carboxylic acids is 2. The lowest BCUT2D eigenvalue weighted by atomic mass is 9.93. The molecule has 1 saturated heterocycles. The van der Waals surface area contributed by atoms with Gasteiger partial charge in [-0.3, -0.25) is 14.9 Å². The summed E-state index contributed by atoms with van der Waals surface area (Å²) < 4.78 is 10.8. The first-order valence-corrected chi connectivity index (χ1v) is 10.6. The Bertz CT molecular complexity index is 777. The summed E-state index contributed by atoms with van der Waals surface area (Å²) in [7, 11) is 0. The summed E-state index contributed by atoms with van der Waals surface area (Å²) in [4.78, 5) is 38.7. The van der Waals surface area contributed by atoms with Gasteiger partial charge in [0.15, 0.2) is 0 Å². The number of hydrogen-bond donors (Lipinski definition) is 0. The largest absolute Gasteiger partial charge is 0.466 e. The second-order valence-corrected chi connectivity index (χ2v) is 8.98. The van der Waals surface area contributed by atoms with Crippen LogP contribution in [0.3, 0.4) is 0 Å². The first-order valence-electron chi connectivity index (χ1n) is 9.66. The maximum Gasteiger partial charge on any atom is 0.410 e. The van der Waals surface area contributed by atoms with Gasteiger partial charge in [-0.1, -0.05) is 6.92 Å². The normalized spacial score (nSPS) is 19.1. The van der Waals surface area contributed by atoms with Crippen LogP contribution in [0.25, 0.3) is 0 Å². The van der Waals surface area contributed by atoms with Crippen LogP contribution in [0.1, 0.15) is 52.6 Å². The van der Waals surface area contributed by atoms with Gasteiger partial charge in [0.1, 0.15) is 5.60 Å². The third kappa shape index (κ3) is 5.62. The highest BCUT2D eigenvalue weighted by molar-refractivity contribution is 7.99. The molecule has 2 atom stereocenters. The Morgan fingerprint density at radius 3 is 2.55 bits per heavy atom. The van der Waals surface area contributed by atoms with Crippen molar-refractivity contribution in [3.05, 3.63) is 33.9 Å². The summed E-state index contributed by atoms with van der Waals surface area (Å²) >= 11 is 1.51. The van der Waals surface area contributed by atoms with Gasteiger partial charge in [0.2, 0.25) is 0 Å². The molecule has 0 aromatic heterocycles. The highest BCUT2D eigenvalue weighted by Crippen LogP contribution is 2.43. The zero-order valence-corrected chi connectivity index (χ0v) is 18.3. The number of esters is 1. The number of rotatable bonds is 6. The van der Waals surface area contributed by atoms with Crippen molar-refractivity contribution >= 4 is 29.5 Å². The predicted molar refractivity (Wildman–Crippen MR) is 110 cm³/mol. The molecule has 2 rings (SSSR count). The van der Waals surface area contributed by atoms with Crippen LogP contribution in [0, 0.1) is 16.0 Å². The van der Waals surface area contributed by atoms with Crippen molar-refractivity contribution < 1.29 is 24.0 Å². The summed E-state index contributed by atoms with van der Waals surface area (Å²) in [5, 5.41) is 11.4. The van der Waals surface area contributed by atoms with Gasteiger partial charge in [-0.05, 0) is 51.5 Å². The molecular formula is C20H28N2O6S. The number of hydrogen-bond acceptors (Lipinski definition) is 7. The molecule has 1 aliphatic heterocycles. The number of ether oxygens (including phenoxy) is 2. The van der Waals surface area contributed by atoms with Crippen molar-refractivity contribution in [3.8, 4) is 0 Å². The fourth-order valence-corrected chi connectivity index (χ4v) is 4.19. The van der Waals surface area contributed by atoms with E-state index in [2.05, 4.69) is 0 Å². The molecule has 0 aliphatic carbocycles. The highest BCUT2D eigenvalue weighted by Gasteiger charge is 2.45. The van der Waals surface area contributed by atoms with E-state index in [-0.39, 0.29) is 12.3 Å². The molecule has 0 saturated carbocycles. The van der Waals surface area contributed by atoms with E-state index >= 15 is 0 Å². The van der Waals surface area contributed by atoms with Crippen LogP contribution >= 0.6 is 11.8 Å². The molecule has 8 nitrogen and oxygen atoms in total. The lowest BCUT2D eigenvalue weighted by molar-refractivity contribution is -0.385. The summed E-state index contributed by atoms with van der Waals surface area (Å²) in [5.74, 6) is -0.281. The van der Waals surface area contributed by atoms with Crippen LogP contribution in [0.4, 0.5) is 10.5 Å². The molecule has 1 amide bonds. The Hall–Kier alpha value is -2.29. The van der Waals surface area contributed by atoms with Crippen molar-refractivity contribution in [1.82, 2.24) is 4.90 Å². The quantitative estimate of drug-likeness (QED) is 0.285. The highest BCUT2D eigenvalue weighted by atomic mass is 32.2. The number of carbonyl (C=O) groups is 2. The number of benzene rings is 1. The number of likely N-dealkylation sites (tertiary alicyclic amines) is 1. The molecule has 9 heteroatoms. The van der Waals surface area contributed by atoms with Gasteiger partial charge < -0.3 is 14.4 Å². The molecule has 160 valence electrons. The molecule has 1 aromatic rings. The standard InChI is InChI=1S/C20H28N2O6S/c1-6-27-18(23)14-10-11-21(19(24)28-20(3,4)5)17(14)15-12-13(22(25)26)8-9-16(15)29-7-2/h8-9,12,14,17H,6-7,10-11H2,1-5H3/t14-,17?/m1/s1. The predicted octanol–water partition coefficient (Wildman–Crippen LogP) is 4.57. The van der Waals surface area contributed by atoms with Crippen LogP contribution in [-0.4, -0.2) is 46.4 Å². The van der Waals surface area contributed by atoms with Gasteiger partial charge in [-0.25, -0.2) is 4.79 Å². The van der Waals surface area contributed by atoms with Gasteiger partial charge in [0.05, 0.1) is 23.5 Å². The molecule has 1 unspecified atom stereocenters. The van der Waals surface area contributed by atoms with E-state index in [0.29, 0.717) is 18.5 Å². The minimum Gasteiger partial charge on any atom is -0.466 e. The van der Waals surface area contributed by atoms with Crippen LogP contribution in [0.2, 0.25) is 0 Å². The van der Waals surface area contributed by atoms with Crippen molar-refractivity contribution in [1.29, 1.82) is 0 Å². The second kappa shape index (κ2) is 9.47. The third-order valence-electron chi connectivity index (χ3n) is 4.44. The van der Waals surface area contributed by atoms with Crippen LogP contribution in [0.5, 0.6) is 0 Å². The number of nitrogens with zero attached hydrogens (tertiary/aromatic N) is 2. The molecule has 1 aliphatic rings. The van der Waals surface area contributed by atoms with Crippen LogP contribution < -0.4 is 0 Å². The molecule has 29 heavy (non-hydrogen) atoms. The van der Waals surface area contributed by atoms with Gasteiger partial charge in [0, 0.05) is 23.6 Å². The van der Waals surface area contributed by atoms with E-state index in [1.54, 1.807) is 33.8 Å². The SMILES string of the molecule is CCOC(=O)[C@@H]1CCN(C(=O)OC(C)(C)C)C1c1cc([N+](=O)[O-])ccc1SCC. The van der Waals surface area contributed by atoms with E-state index in [1.807, 2.05) is 6.92 Å². The third-order valence-corrected chi connectivity index (χ3v) is 5.41. The first kappa shape index (κ1) is 23.0. The summed E-state index contributed by atoms with van der Waals surface area (Å²) in [6.45, 7) is 9.53. The number of nitro groups is 1. The van der Waals surface area contributed by atoms with Gasteiger partial charge >= 0.3 is 12.1 Å². The Morgan fingerprint density at radius 2 is 2.00 bits per heavy atom. The molecule has 0 bridgehead atoms. The van der Waals surface area contributed by atoms with E-state index in [1.165, 1.54) is 28.8 Å². The minimum atomic E-state index is -0.701. The minimum absolute atomic E-state index is 0.0842. The maximum atomic E-state index is 12.9. The van der Waals surface area contributed by atoms with Gasteiger partial charge in [-0.2, -0.15) is 0 Å². The Morgan fingerprint density at radius 1 is 1.31 bits per heavy atom. The van der Waals surface area contributed by atoms with Crippen LogP contribution in [-0.2, 0) is 14.3 Å². The number of nitro benzene ring substituents is 1. The monoisotopic (exact) mass is 424 g/mol. The van der Waals surface area contributed by atoms with Crippen LogP contribution in [0.15, 0.2) is 23.1 Å². The number of amides is 1. The topological polar surface area (TPSA) is 99.0 Å². The molecule has 1 fully saturated rings. The molecule has 1 aromatic carbocycles. The molecular weight excluding hydrogens is 396 g/mol.